The van der Waals surface area contributed by atoms with E-state index in [0.29, 0.717) is 10.6 Å². The highest BCUT2D eigenvalue weighted by atomic mass is 79.9. The number of carbonyl (C=O) groups excluding carboxylic acids is 1. The molecule has 1 aromatic carbocycles. The second-order valence-corrected chi connectivity index (χ2v) is 4.74. The molecule has 1 N–H and O–H groups in total. The third-order valence-corrected chi connectivity index (χ3v) is 2.93. The molecular formula is C11H12BrClO3. The Balaban J connectivity index is 3.11. The van der Waals surface area contributed by atoms with Crippen LogP contribution in [0.3, 0.4) is 0 Å². The molecule has 0 saturated heterocycles. The van der Waals surface area contributed by atoms with E-state index in [-0.39, 0.29) is 6.61 Å². The van der Waals surface area contributed by atoms with Crippen LogP contribution in [0.25, 0.3) is 0 Å². The highest BCUT2D eigenvalue weighted by molar-refractivity contribution is 9.10. The summed E-state index contributed by atoms with van der Waals surface area (Å²) in [7, 11) is 0. The molecule has 0 heterocycles. The minimum absolute atomic E-state index is 0.211. The van der Waals surface area contributed by atoms with Gasteiger partial charge >= 0.3 is 5.97 Å². The lowest BCUT2D eigenvalue weighted by Crippen LogP contribution is -2.34. The summed E-state index contributed by atoms with van der Waals surface area (Å²) in [5.41, 5.74) is -1.40. The smallest absolute Gasteiger partial charge is 0.342 e. The SMILES string of the molecule is CCOC(=O)C(C)(O)c1ccc(Br)cc1Cl. The average molecular weight is 308 g/mol. The maximum absolute atomic E-state index is 11.6. The Hall–Kier alpha value is -0.580. The molecular weight excluding hydrogens is 295 g/mol. The van der Waals surface area contributed by atoms with Crippen LogP contribution in [-0.4, -0.2) is 17.7 Å². The van der Waals surface area contributed by atoms with Crippen molar-refractivity contribution < 1.29 is 14.6 Å². The summed E-state index contributed by atoms with van der Waals surface area (Å²) >= 11 is 9.21. The predicted octanol–water partition coefficient (Wildman–Crippen LogP) is 2.87. The van der Waals surface area contributed by atoms with Crippen molar-refractivity contribution in [1.82, 2.24) is 0 Å². The molecule has 0 aliphatic rings. The van der Waals surface area contributed by atoms with Gasteiger partial charge in [-0.05, 0) is 26.0 Å². The van der Waals surface area contributed by atoms with Gasteiger partial charge < -0.3 is 9.84 Å². The summed E-state index contributed by atoms with van der Waals surface area (Å²) in [6.07, 6.45) is 0. The Kier molecular flexibility index (Phi) is 4.35. The van der Waals surface area contributed by atoms with Crippen molar-refractivity contribution in [3.8, 4) is 0 Å². The van der Waals surface area contributed by atoms with Crippen LogP contribution >= 0.6 is 27.5 Å². The van der Waals surface area contributed by atoms with Crippen LogP contribution in [0.2, 0.25) is 5.02 Å². The van der Waals surface area contributed by atoms with Gasteiger partial charge in [0.15, 0.2) is 5.60 Å². The van der Waals surface area contributed by atoms with Crippen LogP contribution in [0.5, 0.6) is 0 Å². The molecule has 88 valence electrons. The number of benzene rings is 1. The van der Waals surface area contributed by atoms with E-state index in [1.807, 2.05) is 0 Å². The van der Waals surface area contributed by atoms with Gasteiger partial charge in [-0.2, -0.15) is 0 Å². The van der Waals surface area contributed by atoms with Gasteiger partial charge in [-0.3, -0.25) is 0 Å². The van der Waals surface area contributed by atoms with E-state index in [9.17, 15) is 9.90 Å². The topological polar surface area (TPSA) is 46.5 Å². The largest absolute Gasteiger partial charge is 0.464 e. The summed E-state index contributed by atoms with van der Waals surface area (Å²) in [6, 6.07) is 4.91. The van der Waals surface area contributed by atoms with Crippen molar-refractivity contribution >= 4 is 33.5 Å². The molecule has 0 amide bonds. The Morgan fingerprint density at radius 2 is 2.25 bits per heavy atom. The van der Waals surface area contributed by atoms with Crippen LogP contribution in [0.15, 0.2) is 22.7 Å². The van der Waals surface area contributed by atoms with E-state index >= 15 is 0 Å². The van der Waals surface area contributed by atoms with Crippen molar-refractivity contribution in [2.45, 2.75) is 19.4 Å². The first-order valence-corrected chi connectivity index (χ1v) is 5.91. The van der Waals surface area contributed by atoms with Crippen molar-refractivity contribution in [3.63, 3.8) is 0 Å². The lowest BCUT2D eigenvalue weighted by atomic mass is 9.96. The second-order valence-electron chi connectivity index (χ2n) is 3.42. The van der Waals surface area contributed by atoms with Gasteiger partial charge in [0.25, 0.3) is 0 Å². The van der Waals surface area contributed by atoms with Crippen molar-refractivity contribution in [1.29, 1.82) is 0 Å². The molecule has 1 unspecified atom stereocenters. The van der Waals surface area contributed by atoms with Gasteiger partial charge in [-0.1, -0.05) is 33.6 Å². The molecule has 0 aliphatic carbocycles. The minimum atomic E-state index is -1.73. The molecule has 0 fully saturated rings. The third kappa shape index (κ3) is 2.75. The van der Waals surface area contributed by atoms with E-state index in [4.69, 9.17) is 16.3 Å². The number of carbonyl (C=O) groups is 1. The quantitative estimate of drug-likeness (QED) is 0.874. The summed E-state index contributed by atoms with van der Waals surface area (Å²) in [6.45, 7) is 3.25. The number of halogens is 2. The van der Waals surface area contributed by atoms with Crippen LogP contribution in [0.4, 0.5) is 0 Å². The fraction of sp³-hybridized carbons (Fsp3) is 0.364. The number of aliphatic hydroxyl groups is 1. The van der Waals surface area contributed by atoms with Crippen LogP contribution < -0.4 is 0 Å². The molecule has 0 spiro atoms. The Morgan fingerprint density at radius 3 is 2.75 bits per heavy atom. The number of hydrogen-bond donors (Lipinski definition) is 1. The number of esters is 1. The van der Waals surface area contributed by atoms with Crippen molar-refractivity contribution in [2.75, 3.05) is 6.61 Å². The Morgan fingerprint density at radius 1 is 1.62 bits per heavy atom. The van der Waals surface area contributed by atoms with Gasteiger partial charge in [0.05, 0.1) is 6.61 Å². The Labute approximate surface area is 107 Å². The van der Waals surface area contributed by atoms with Gasteiger partial charge in [0, 0.05) is 15.1 Å². The average Bonchev–Trinajstić information content (AvgIpc) is 2.17. The van der Waals surface area contributed by atoms with Crippen LogP contribution in [0, 0.1) is 0 Å². The van der Waals surface area contributed by atoms with Crippen molar-refractivity contribution in [2.24, 2.45) is 0 Å². The van der Waals surface area contributed by atoms with E-state index in [1.165, 1.54) is 6.92 Å². The van der Waals surface area contributed by atoms with E-state index in [0.717, 1.165) is 4.47 Å². The van der Waals surface area contributed by atoms with Crippen LogP contribution in [-0.2, 0) is 15.1 Å². The van der Waals surface area contributed by atoms with Gasteiger partial charge in [0.1, 0.15) is 0 Å². The molecule has 16 heavy (non-hydrogen) atoms. The molecule has 1 atom stereocenters. The zero-order chi connectivity index (χ0) is 12.3. The zero-order valence-electron chi connectivity index (χ0n) is 8.96. The molecule has 5 heteroatoms. The van der Waals surface area contributed by atoms with Crippen LogP contribution in [0.1, 0.15) is 19.4 Å². The fourth-order valence-corrected chi connectivity index (χ4v) is 2.12. The number of rotatable bonds is 3. The third-order valence-electron chi connectivity index (χ3n) is 2.13. The highest BCUT2D eigenvalue weighted by Gasteiger charge is 2.35. The highest BCUT2D eigenvalue weighted by Crippen LogP contribution is 2.31. The molecule has 0 saturated carbocycles. The van der Waals surface area contributed by atoms with Gasteiger partial charge in [0.2, 0.25) is 0 Å². The molecule has 0 aromatic heterocycles. The molecule has 1 rings (SSSR count). The molecule has 1 aromatic rings. The van der Waals surface area contributed by atoms with E-state index in [2.05, 4.69) is 15.9 Å². The fourth-order valence-electron chi connectivity index (χ4n) is 1.27. The van der Waals surface area contributed by atoms with Gasteiger partial charge in [-0.25, -0.2) is 4.79 Å². The lowest BCUT2D eigenvalue weighted by molar-refractivity contribution is -0.164. The second kappa shape index (κ2) is 5.17. The Bertz CT molecular complexity index is 404. The predicted molar refractivity (Wildman–Crippen MR) is 65.4 cm³/mol. The molecule has 3 nitrogen and oxygen atoms in total. The first-order valence-electron chi connectivity index (χ1n) is 4.74. The standard InChI is InChI=1S/C11H12BrClO3/c1-3-16-10(14)11(2,15)8-5-4-7(12)6-9(8)13/h4-6,15H,3H2,1-2H3. The number of hydrogen-bond acceptors (Lipinski definition) is 3. The maximum Gasteiger partial charge on any atom is 0.342 e. The summed E-state index contributed by atoms with van der Waals surface area (Å²) < 4.78 is 5.57. The molecule has 0 bridgehead atoms. The first kappa shape index (κ1) is 13.5. The van der Waals surface area contributed by atoms with E-state index < -0.39 is 11.6 Å². The van der Waals surface area contributed by atoms with Crippen molar-refractivity contribution in [3.05, 3.63) is 33.3 Å². The summed E-state index contributed by atoms with van der Waals surface area (Å²) in [5.74, 6) is -0.709. The molecule has 0 aliphatic heterocycles. The van der Waals surface area contributed by atoms with E-state index in [1.54, 1.807) is 25.1 Å². The zero-order valence-corrected chi connectivity index (χ0v) is 11.3. The molecule has 0 radical (unpaired) electrons. The first-order chi connectivity index (χ1) is 7.39. The normalized spacial score (nSPS) is 14.3. The summed E-state index contributed by atoms with van der Waals surface area (Å²) in [4.78, 5) is 11.6. The monoisotopic (exact) mass is 306 g/mol. The summed E-state index contributed by atoms with van der Waals surface area (Å²) in [5, 5.41) is 10.4. The van der Waals surface area contributed by atoms with Gasteiger partial charge in [-0.15, -0.1) is 0 Å². The minimum Gasteiger partial charge on any atom is -0.464 e. The number of ether oxygens (including phenoxy) is 1. The lowest BCUT2D eigenvalue weighted by Gasteiger charge is -2.22. The maximum atomic E-state index is 11.6.